The van der Waals surface area contributed by atoms with Crippen molar-refractivity contribution in [3.63, 3.8) is 0 Å². The number of fused-ring (bicyclic) bond motifs is 4. The summed E-state index contributed by atoms with van der Waals surface area (Å²) in [6, 6.07) is 19.4. The third-order valence-corrected chi connectivity index (χ3v) is 7.33. The van der Waals surface area contributed by atoms with E-state index in [0.29, 0.717) is 11.1 Å². The van der Waals surface area contributed by atoms with E-state index in [1.54, 1.807) is 24.3 Å². The average molecular weight is 519 g/mol. The van der Waals surface area contributed by atoms with Crippen LogP contribution in [-0.4, -0.2) is 0 Å². The second kappa shape index (κ2) is 9.22. The maximum atomic E-state index is 9.35. The molecule has 186 valence electrons. The Morgan fingerprint density at radius 3 is 1.25 bits per heavy atom. The van der Waals surface area contributed by atoms with E-state index in [9.17, 15) is 11.0 Å². The number of benzene rings is 8. The van der Waals surface area contributed by atoms with Gasteiger partial charge in [-0.15, -0.1) is 0 Å². The minimum Gasteiger partial charge on any atom is -0.0616 e. The molecule has 0 amide bonds. The molecule has 0 aliphatic carbocycles. The zero-order chi connectivity index (χ0) is 36.9. The van der Waals surface area contributed by atoms with Crippen molar-refractivity contribution in [3.8, 4) is 33.4 Å². The summed E-state index contributed by atoms with van der Waals surface area (Å²) in [5.41, 5.74) is 0.468. The van der Waals surface area contributed by atoms with Gasteiger partial charge in [-0.2, -0.15) is 0 Å². The van der Waals surface area contributed by atoms with Gasteiger partial charge in [-0.25, -0.2) is 0 Å². The first kappa shape index (κ1) is 13.7. The van der Waals surface area contributed by atoms with Crippen molar-refractivity contribution >= 4 is 43.1 Å². The molecule has 40 heavy (non-hydrogen) atoms. The van der Waals surface area contributed by atoms with Crippen molar-refractivity contribution < 1.29 is 16.4 Å². The van der Waals surface area contributed by atoms with E-state index in [2.05, 4.69) is 0 Å². The van der Waals surface area contributed by atoms with Crippen molar-refractivity contribution in [2.45, 2.75) is 0 Å². The van der Waals surface area contributed by atoms with E-state index < -0.39 is 72.5 Å². The fourth-order valence-corrected chi connectivity index (χ4v) is 5.44. The van der Waals surface area contributed by atoms with Gasteiger partial charge in [0, 0.05) is 0 Å². The first-order valence-electron chi connectivity index (χ1n) is 18.9. The van der Waals surface area contributed by atoms with Gasteiger partial charge in [0.15, 0.2) is 0 Å². The molecule has 8 aromatic carbocycles. The third-order valence-electron chi connectivity index (χ3n) is 7.33. The van der Waals surface area contributed by atoms with Crippen LogP contribution in [0.15, 0.2) is 157 Å². The normalized spacial score (nSPS) is 15.7. The predicted octanol–water partition coefficient (Wildman–Crippen LogP) is 11.3. The first-order valence-corrected chi connectivity index (χ1v) is 12.9. The van der Waals surface area contributed by atoms with Gasteiger partial charge in [0.2, 0.25) is 0 Å². The highest BCUT2D eigenvalue weighted by Crippen LogP contribution is 2.44. The third kappa shape index (κ3) is 3.69. The van der Waals surface area contributed by atoms with Crippen LogP contribution in [0.2, 0.25) is 0 Å². The second-order valence-corrected chi connectivity index (χ2v) is 9.62. The van der Waals surface area contributed by atoms with Gasteiger partial charge in [-0.1, -0.05) is 145 Å². The van der Waals surface area contributed by atoms with Crippen LogP contribution in [0.1, 0.15) is 16.4 Å². The van der Waals surface area contributed by atoms with Crippen molar-refractivity contribution in [1.82, 2.24) is 0 Å². The lowest BCUT2D eigenvalue weighted by atomic mass is 9.85. The van der Waals surface area contributed by atoms with Gasteiger partial charge in [0.25, 0.3) is 0 Å². The Hall–Kier alpha value is -5.20. The molecule has 0 bridgehead atoms. The van der Waals surface area contributed by atoms with Crippen LogP contribution in [0.5, 0.6) is 0 Å². The van der Waals surface area contributed by atoms with Crippen molar-refractivity contribution in [2.24, 2.45) is 0 Å². The lowest BCUT2D eigenvalue weighted by Crippen LogP contribution is -1.91. The van der Waals surface area contributed by atoms with Crippen LogP contribution in [0.4, 0.5) is 0 Å². The van der Waals surface area contributed by atoms with Gasteiger partial charge >= 0.3 is 0 Å². The smallest absolute Gasteiger partial charge is 0.0616 e. The molecule has 0 heterocycles. The summed E-state index contributed by atoms with van der Waals surface area (Å²) in [6.07, 6.45) is 0. The summed E-state index contributed by atoms with van der Waals surface area (Å²) in [5, 5.41) is 2.94. The molecule has 0 aliphatic heterocycles. The Labute approximate surface area is 250 Å². The van der Waals surface area contributed by atoms with Crippen LogP contribution in [0.25, 0.3) is 76.5 Å². The van der Waals surface area contributed by atoms with E-state index in [-0.39, 0.29) is 43.8 Å². The molecule has 0 radical (unpaired) electrons. The maximum Gasteiger partial charge on any atom is 0.0629 e. The summed E-state index contributed by atoms with van der Waals surface area (Å²) in [5.74, 6) is 0. The summed E-state index contributed by atoms with van der Waals surface area (Å²) >= 11 is 0. The number of rotatable bonds is 3. The van der Waals surface area contributed by atoms with Crippen LogP contribution in [0, 0.1) is 0 Å². The van der Waals surface area contributed by atoms with Crippen LogP contribution in [-0.2, 0) is 0 Å². The molecule has 0 heteroatoms. The predicted molar refractivity (Wildman–Crippen MR) is 173 cm³/mol. The molecule has 0 nitrogen and oxygen atoms in total. The van der Waals surface area contributed by atoms with E-state index >= 15 is 0 Å². The van der Waals surface area contributed by atoms with Gasteiger partial charge in [-0.05, 0) is 88.6 Å². The Morgan fingerprint density at radius 1 is 0.325 bits per heavy atom. The molecule has 0 aliphatic rings. The summed E-state index contributed by atoms with van der Waals surface area (Å²) < 4.78 is 109. The highest BCUT2D eigenvalue weighted by molar-refractivity contribution is 6.21. The molecule has 8 aromatic rings. The molecule has 0 spiro atoms. The highest BCUT2D eigenvalue weighted by atomic mass is 14.2. The first-order chi connectivity index (χ1) is 24.8. The molecule has 8 rings (SSSR count). The minimum absolute atomic E-state index is 0.0229. The summed E-state index contributed by atoms with van der Waals surface area (Å²) in [4.78, 5) is 0. The summed E-state index contributed by atoms with van der Waals surface area (Å²) in [6.45, 7) is 0. The lowest BCUT2D eigenvalue weighted by molar-refractivity contribution is 1.63. The minimum atomic E-state index is -0.619. The molecule has 0 saturated heterocycles. The Balaban J connectivity index is 1.61. The zero-order valence-electron chi connectivity index (χ0n) is 33.1. The molecular formula is C40H26. The monoisotopic (exact) mass is 518 g/mol. The van der Waals surface area contributed by atoms with Crippen LogP contribution in [0.3, 0.4) is 0 Å². The summed E-state index contributed by atoms with van der Waals surface area (Å²) in [7, 11) is 0. The molecule has 0 unspecified atom stereocenters. The largest absolute Gasteiger partial charge is 0.0629 e. The maximum absolute atomic E-state index is 9.35. The molecule has 0 N–H and O–H groups in total. The zero-order valence-corrected chi connectivity index (χ0v) is 21.1. The fourth-order valence-electron chi connectivity index (χ4n) is 5.44. The SMILES string of the molecule is [2H]c1c([2H])c(-c2c3c([2H])c([2H])c([2H])c([2H])c3c(-c3ccc4ccccc4c3)c3c([2H])c([2H])c([2H])c([2H])c23)c([2H])c([2H])c1-c1ccc2ccccc2c1. The lowest BCUT2D eigenvalue weighted by Gasteiger charge is -2.18. The van der Waals surface area contributed by atoms with Gasteiger partial charge in [-0.3, -0.25) is 0 Å². The van der Waals surface area contributed by atoms with E-state index in [1.165, 1.54) is 0 Å². The molecule has 0 atom stereocenters. The molecule has 0 fully saturated rings. The standard InChI is InChI=1S/C40H26/c1-3-11-31-25-33(23-19-27(31)9-1)29-17-21-30(22-18-29)39-35-13-5-7-15-37(35)40(38-16-8-6-14-36(38)39)34-24-20-28-10-2-4-12-32(28)26-34/h1-26H/i5D,6D,7D,8D,13D,14D,15D,16D,17D,18D,21D,22D. The second-order valence-electron chi connectivity index (χ2n) is 9.62. The van der Waals surface area contributed by atoms with Crippen molar-refractivity contribution in [1.29, 1.82) is 0 Å². The Kier molecular flexibility index (Phi) is 3.17. The highest BCUT2D eigenvalue weighted by Gasteiger charge is 2.16. The van der Waals surface area contributed by atoms with Crippen LogP contribution < -0.4 is 0 Å². The van der Waals surface area contributed by atoms with Crippen molar-refractivity contribution in [3.05, 3.63) is 157 Å². The quantitative estimate of drug-likeness (QED) is 0.204. The topological polar surface area (TPSA) is 0 Å². The average Bonchev–Trinajstić information content (AvgIpc) is 3.16. The Bertz CT molecular complexity index is 2770. The molecular weight excluding hydrogens is 480 g/mol. The molecule has 0 saturated carbocycles. The van der Waals surface area contributed by atoms with Gasteiger partial charge in [0.05, 0.1) is 16.4 Å². The number of hydrogen-bond acceptors (Lipinski definition) is 0. The fraction of sp³-hybridized carbons (Fsp3) is 0. The molecule has 0 aromatic heterocycles. The van der Waals surface area contributed by atoms with E-state index in [1.807, 2.05) is 60.7 Å². The van der Waals surface area contributed by atoms with Crippen molar-refractivity contribution in [2.75, 3.05) is 0 Å². The van der Waals surface area contributed by atoms with Gasteiger partial charge < -0.3 is 0 Å². The van der Waals surface area contributed by atoms with E-state index in [4.69, 9.17) is 5.48 Å². The van der Waals surface area contributed by atoms with Gasteiger partial charge in [0.1, 0.15) is 0 Å². The Morgan fingerprint density at radius 2 is 0.725 bits per heavy atom. The number of hydrogen-bond donors (Lipinski definition) is 0. The van der Waals surface area contributed by atoms with E-state index in [0.717, 1.165) is 21.5 Å². The van der Waals surface area contributed by atoms with Crippen LogP contribution >= 0.6 is 0 Å².